The summed E-state index contributed by atoms with van der Waals surface area (Å²) in [4.78, 5) is 28.6. The molecule has 0 aliphatic carbocycles. The first kappa shape index (κ1) is 20.0. The van der Waals surface area contributed by atoms with Crippen molar-refractivity contribution >= 4 is 28.4 Å². The van der Waals surface area contributed by atoms with Crippen molar-refractivity contribution in [1.29, 1.82) is 0 Å². The number of carbonyl (C=O) groups excluding carboxylic acids is 1. The Morgan fingerprint density at radius 2 is 2.27 bits per heavy atom. The highest BCUT2D eigenvalue weighted by molar-refractivity contribution is 8.16. The second-order valence-electron chi connectivity index (χ2n) is 6.36. The van der Waals surface area contributed by atoms with E-state index in [4.69, 9.17) is 14.4 Å². The third-order valence-corrected chi connectivity index (χ3v) is 4.94. The monoisotopic (exact) mass is 381 g/mol. The van der Waals surface area contributed by atoms with Gasteiger partial charge in [-0.05, 0) is 19.3 Å². The van der Waals surface area contributed by atoms with Gasteiger partial charge in [-0.25, -0.2) is 4.79 Å². The summed E-state index contributed by atoms with van der Waals surface area (Å²) in [5.41, 5.74) is -0.156. The Bertz CT molecular complexity index is 772. The van der Waals surface area contributed by atoms with Gasteiger partial charge in [0, 0.05) is 11.8 Å². The molecule has 2 rings (SSSR count). The van der Waals surface area contributed by atoms with E-state index < -0.39 is 17.7 Å². The number of aliphatic imine (C=N–C) groups is 1. The van der Waals surface area contributed by atoms with Crippen molar-refractivity contribution in [2.24, 2.45) is 16.1 Å². The van der Waals surface area contributed by atoms with Crippen molar-refractivity contribution in [2.45, 2.75) is 39.3 Å². The van der Waals surface area contributed by atoms with Crippen LogP contribution in [0.25, 0.3) is 0 Å². The normalized spacial score (nSPS) is 18.6. The summed E-state index contributed by atoms with van der Waals surface area (Å²) >= 11 is 1.36. The molecule has 9 heteroatoms. The predicted octanol–water partition coefficient (Wildman–Crippen LogP) is 2.22. The number of hydrogen-bond donors (Lipinski definition) is 2. The lowest BCUT2D eigenvalue weighted by Gasteiger charge is -2.21. The number of carbonyl (C=O) groups is 1. The number of ether oxygens (including phenoxy) is 1. The van der Waals surface area contributed by atoms with E-state index in [1.54, 1.807) is 13.0 Å². The van der Waals surface area contributed by atoms with Crippen molar-refractivity contribution in [3.05, 3.63) is 28.3 Å². The van der Waals surface area contributed by atoms with E-state index >= 15 is 0 Å². The van der Waals surface area contributed by atoms with Crippen LogP contribution in [0.15, 0.2) is 31.5 Å². The van der Waals surface area contributed by atoms with Crippen LogP contribution in [0.2, 0.25) is 0 Å². The third-order valence-electron chi connectivity index (χ3n) is 3.78. The van der Waals surface area contributed by atoms with Gasteiger partial charge in [-0.1, -0.05) is 19.0 Å². The molecule has 0 radical (unpaired) electrons. The fraction of sp³-hybridized carbons (Fsp3) is 0.529. The van der Waals surface area contributed by atoms with Gasteiger partial charge in [0.05, 0.1) is 19.2 Å². The number of rotatable bonds is 7. The maximum atomic E-state index is 12.6. The van der Waals surface area contributed by atoms with Crippen LogP contribution in [0.5, 0.6) is 5.75 Å². The minimum absolute atomic E-state index is 0.262. The van der Waals surface area contributed by atoms with Crippen molar-refractivity contribution in [3.63, 3.8) is 0 Å². The van der Waals surface area contributed by atoms with E-state index in [0.717, 1.165) is 0 Å². The van der Waals surface area contributed by atoms with Gasteiger partial charge in [-0.2, -0.15) is 0 Å². The predicted molar refractivity (Wildman–Crippen MR) is 100 cm³/mol. The molecular weight excluding hydrogens is 358 g/mol. The molecule has 2 N–H and O–H groups in total. The fourth-order valence-electron chi connectivity index (χ4n) is 2.50. The number of amides is 1. The molecule has 26 heavy (non-hydrogen) atoms. The Balaban J connectivity index is 2.21. The van der Waals surface area contributed by atoms with Gasteiger partial charge >= 0.3 is 5.63 Å². The second kappa shape index (κ2) is 8.88. The van der Waals surface area contributed by atoms with E-state index in [1.807, 2.05) is 13.8 Å². The first-order valence-corrected chi connectivity index (χ1v) is 9.21. The molecule has 1 aromatic heterocycles. The molecule has 0 bridgehead atoms. The second-order valence-corrected chi connectivity index (χ2v) is 7.36. The van der Waals surface area contributed by atoms with E-state index in [-0.39, 0.29) is 11.8 Å². The molecule has 2 atom stereocenters. The minimum atomic E-state index is -0.585. The van der Waals surface area contributed by atoms with Crippen molar-refractivity contribution in [3.8, 4) is 5.75 Å². The topological polar surface area (TPSA) is 113 Å². The van der Waals surface area contributed by atoms with E-state index in [0.29, 0.717) is 34.4 Å². The first-order chi connectivity index (χ1) is 12.3. The van der Waals surface area contributed by atoms with Gasteiger partial charge in [0.2, 0.25) is 5.91 Å². The Hall–Kier alpha value is -2.29. The summed E-state index contributed by atoms with van der Waals surface area (Å²) in [6.45, 7) is 5.65. The zero-order chi connectivity index (χ0) is 19.3. The van der Waals surface area contributed by atoms with Crippen LogP contribution in [0.1, 0.15) is 39.0 Å². The van der Waals surface area contributed by atoms with Crippen LogP contribution in [-0.2, 0) is 4.79 Å². The fourth-order valence-corrected chi connectivity index (χ4v) is 3.49. The quantitative estimate of drug-likeness (QED) is 0.425. The van der Waals surface area contributed by atoms with Gasteiger partial charge in [0.1, 0.15) is 28.3 Å². The highest BCUT2D eigenvalue weighted by Crippen LogP contribution is 2.25. The smallest absolute Gasteiger partial charge is 0.339 e. The largest absolute Gasteiger partial charge is 0.496 e. The molecule has 0 saturated heterocycles. The summed E-state index contributed by atoms with van der Waals surface area (Å²) in [7, 11) is 1.46. The van der Waals surface area contributed by atoms with Crippen molar-refractivity contribution in [1.82, 2.24) is 5.32 Å². The summed E-state index contributed by atoms with van der Waals surface area (Å²) in [5.74, 6) is 1.18. The van der Waals surface area contributed by atoms with E-state index in [2.05, 4.69) is 15.5 Å². The molecule has 0 saturated carbocycles. The molecule has 0 fully saturated rings. The average Bonchev–Trinajstić information content (AvgIpc) is 3.09. The van der Waals surface area contributed by atoms with Crippen LogP contribution in [0.3, 0.4) is 0 Å². The molecule has 142 valence electrons. The Labute approximate surface area is 155 Å². The highest BCUT2D eigenvalue weighted by atomic mass is 32.2. The third kappa shape index (κ3) is 5.10. The van der Waals surface area contributed by atoms with Crippen LogP contribution in [0, 0.1) is 5.92 Å². The SMILES string of the molecule is COc1cc(C(CC(C)C)NC(=O)C2CSC(/C(C)=N/O)=N2)oc(=O)c1. The van der Waals surface area contributed by atoms with Gasteiger partial charge in [-0.15, -0.1) is 11.8 Å². The number of nitrogens with zero attached hydrogens (tertiary/aromatic N) is 2. The molecule has 1 amide bonds. The maximum absolute atomic E-state index is 12.6. The van der Waals surface area contributed by atoms with Crippen LogP contribution < -0.4 is 15.7 Å². The lowest BCUT2D eigenvalue weighted by Crippen LogP contribution is -2.37. The van der Waals surface area contributed by atoms with Gasteiger partial charge in [0.25, 0.3) is 0 Å². The summed E-state index contributed by atoms with van der Waals surface area (Å²) in [5, 5.41) is 15.4. The molecular formula is C17H23N3O5S. The number of hydrogen-bond acceptors (Lipinski definition) is 8. The molecule has 1 aliphatic heterocycles. The maximum Gasteiger partial charge on any atom is 0.339 e. The Morgan fingerprint density at radius 3 is 2.88 bits per heavy atom. The Kier molecular flexibility index (Phi) is 6.84. The lowest BCUT2D eigenvalue weighted by atomic mass is 10.0. The highest BCUT2D eigenvalue weighted by Gasteiger charge is 2.29. The van der Waals surface area contributed by atoms with Crippen LogP contribution >= 0.6 is 11.8 Å². The number of oxime groups is 1. The summed E-state index contributed by atoms with van der Waals surface area (Å²) < 4.78 is 10.4. The molecule has 1 aromatic rings. The molecule has 8 nitrogen and oxygen atoms in total. The number of methoxy groups -OCH3 is 1. The van der Waals surface area contributed by atoms with Crippen LogP contribution in [-0.4, -0.2) is 40.8 Å². The summed E-state index contributed by atoms with van der Waals surface area (Å²) in [6.07, 6.45) is 0.593. The summed E-state index contributed by atoms with van der Waals surface area (Å²) in [6, 6.07) is 1.80. The molecule has 1 aliphatic rings. The average molecular weight is 381 g/mol. The molecule has 0 spiro atoms. The number of thioether (sulfide) groups is 1. The first-order valence-electron chi connectivity index (χ1n) is 8.23. The van der Waals surface area contributed by atoms with Gasteiger partial charge in [0.15, 0.2) is 0 Å². The van der Waals surface area contributed by atoms with Crippen molar-refractivity contribution < 1.29 is 19.2 Å². The van der Waals surface area contributed by atoms with Gasteiger partial charge < -0.3 is 19.7 Å². The van der Waals surface area contributed by atoms with Gasteiger partial charge in [-0.3, -0.25) is 9.79 Å². The zero-order valence-corrected chi connectivity index (χ0v) is 16.0. The van der Waals surface area contributed by atoms with E-state index in [9.17, 15) is 9.59 Å². The molecule has 0 aromatic carbocycles. The Morgan fingerprint density at radius 1 is 1.54 bits per heavy atom. The molecule has 2 unspecified atom stereocenters. The van der Waals surface area contributed by atoms with E-state index in [1.165, 1.54) is 24.9 Å². The zero-order valence-electron chi connectivity index (χ0n) is 15.2. The minimum Gasteiger partial charge on any atom is -0.496 e. The lowest BCUT2D eigenvalue weighted by molar-refractivity contribution is -0.122. The number of nitrogens with one attached hydrogen (secondary N) is 1. The standard InChI is InChI=1S/C17H23N3O5S/c1-9(2)5-12(14-6-11(24-4)7-15(21)25-14)18-16(22)13-8-26-17(19-13)10(3)20-23/h6-7,9,12-13,23H,5,8H2,1-4H3,(H,18,22)/b20-10+. The van der Waals surface area contributed by atoms with Crippen LogP contribution in [0.4, 0.5) is 0 Å². The van der Waals surface area contributed by atoms with Crippen molar-refractivity contribution in [2.75, 3.05) is 12.9 Å². The molecule has 2 heterocycles.